The van der Waals surface area contributed by atoms with Crippen molar-refractivity contribution in [2.24, 2.45) is 10.8 Å². The van der Waals surface area contributed by atoms with E-state index in [0.29, 0.717) is 43.5 Å². The van der Waals surface area contributed by atoms with E-state index in [9.17, 15) is 19.2 Å². The maximum Gasteiger partial charge on any atom is 0.234 e. The van der Waals surface area contributed by atoms with Crippen LogP contribution in [0.1, 0.15) is 88.2 Å². The quantitative estimate of drug-likeness (QED) is 0.507. The molecule has 2 aliphatic carbocycles. The van der Waals surface area contributed by atoms with Crippen molar-refractivity contribution in [1.82, 2.24) is 0 Å². The molecule has 2 heterocycles. The van der Waals surface area contributed by atoms with Crippen molar-refractivity contribution in [3.63, 3.8) is 0 Å². The standard InChI is InChI=1S/C31H34N2O4/c34-26-18-30(13-1-2-14-30)19-27(35)32(26)24-9-5-22(6-10-24)17-23-7-11-25(12-8-23)33-28(36)20-31(21-29(33)37)15-3-4-16-31/h5-12H,1-4,13-21H2. The third-order valence-electron chi connectivity index (χ3n) is 9.23. The summed E-state index contributed by atoms with van der Waals surface area (Å²) in [5.41, 5.74) is 3.21. The van der Waals surface area contributed by atoms with E-state index in [-0.39, 0.29) is 34.5 Å². The fourth-order valence-corrected chi connectivity index (χ4v) is 7.30. The van der Waals surface area contributed by atoms with Crippen LogP contribution in [0.5, 0.6) is 0 Å². The van der Waals surface area contributed by atoms with E-state index >= 15 is 0 Å². The normalized spacial score (nSPS) is 23.0. The molecule has 0 bridgehead atoms. The Morgan fingerprint density at radius 2 is 0.784 bits per heavy atom. The highest BCUT2D eigenvalue weighted by atomic mass is 16.2. The first-order valence-electron chi connectivity index (χ1n) is 13.8. The Morgan fingerprint density at radius 1 is 0.486 bits per heavy atom. The minimum atomic E-state index is -0.0991. The van der Waals surface area contributed by atoms with Gasteiger partial charge in [0.1, 0.15) is 0 Å². The summed E-state index contributed by atoms with van der Waals surface area (Å²) in [5.74, 6) is -0.325. The molecule has 37 heavy (non-hydrogen) atoms. The first kappa shape index (κ1) is 24.1. The zero-order chi connectivity index (χ0) is 25.6. The van der Waals surface area contributed by atoms with Gasteiger partial charge in [-0.15, -0.1) is 0 Å². The second-order valence-corrected chi connectivity index (χ2v) is 11.9. The average Bonchev–Trinajstić information content (AvgIpc) is 3.50. The fraction of sp³-hybridized carbons (Fsp3) is 0.484. The summed E-state index contributed by atoms with van der Waals surface area (Å²) < 4.78 is 0. The fourth-order valence-electron chi connectivity index (χ4n) is 7.30. The van der Waals surface area contributed by atoms with Crippen LogP contribution in [-0.4, -0.2) is 23.6 Å². The molecular weight excluding hydrogens is 464 g/mol. The molecule has 2 aromatic rings. The summed E-state index contributed by atoms with van der Waals surface area (Å²) in [5, 5.41) is 0. The van der Waals surface area contributed by atoms with E-state index in [1.165, 1.54) is 9.80 Å². The lowest BCUT2D eigenvalue weighted by atomic mass is 9.76. The van der Waals surface area contributed by atoms with Gasteiger partial charge < -0.3 is 0 Å². The van der Waals surface area contributed by atoms with Crippen molar-refractivity contribution in [3.05, 3.63) is 59.7 Å². The summed E-state index contributed by atoms with van der Waals surface area (Å²) in [6.45, 7) is 0. The van der Waals surface area contributed by atoms with Gasteiger partial charge in [-0.2, -0.15) is 0 Å². The average molecular weight is 499 g/mol. The number of imide groups is 2. The molecule has 0 radical (unpaired) electrons. The van der Waals surface area contributed by atoms with Crippen molar-refractivity contribution in [2.75, 3.05) is 9.80 Å². The second-order valence-electron chi connectivity index (χ2n) is 11.9. The molecule has 6 heteroatoms. The molecule has 0 N–H and O–H groups in total. The highest BCUT2D eigenvalue weighted by Crippen LogP contribution is 2.48. The number of carbonyl (C=O) groups excluding carboxylic acids is 4. The largest absolute Gasteiger partial charge is 0.274 e. The van der Waals surface area contributed by atoms with Crippen LogP contribution >= 0.6 is 0 Å². The van der Waals surface area contributed by atoms with Crippen molar-refractivity contribution >= 4 is 35.0 Å². The summed E-state index contributed by atoms with van der Waals surface area (Å²) in [6.07, 6.45) is 10.9. The number of hydrogen-bond acceptors (Lipinski definition) is 4. The number of rotatable bonds is 4. The molecule has 0 atom stereocenters. The predicted molar refractivity (Wildman–Crippen MR) is 141 cm³/mol. The van der Waals surface area contributed by atoms with Crippen LogP contribution in [0, 0.1) is 10.8 Å². The Morgan fingerprint density at radius 3 is 1.08 bits per heavy atom. The lowest BCUT2D eigenvalue weighted by Crippen LogP contribution is -2.47. The molecule has 0 aromatic heterocycles. The van der Waals surface area contributed by atoms with E-state index < -0.39 is 0 Å². The molecule has 2 saturated carbocycles. The second kappa shape index (κ2) is 9.23. The van der Waals surface area contributed by atoms with E-state index in [1.54, 1.807) is 0 Å². The molecule has 2 saturated heterocycles. The van der Waals surface area contributed by atoms with E-state index in [1.807, 2.05) is 48.5 Å². The van der Waals surface area contributed by atoms with Crippen LogP contribution in [0.25, 0.3) is 0 Å². The van der Waals surface area contributed by atoms with Gasteiger partial charge in [-0.05, 0) is 78.3 Å². The Labute approximate surface area is 218 Å². The Balaban J connectivity index is 1.11. The number of benzene rings is 2. The Bertz CT molecular complexity index is 1100. The zero-order valence-electron chi connectivity index (χ0n) is 21.3. The minimum Gasteiger partial charge on any atom is -0.274 e. The first-order valence-corrected chi connectivity index (χ1v) is 13.8. The van der Waals surface area contributed by atoms with Gasteiger partial charge >= 0.3 is 0 Å². The van der Waals surface area contributed by atoms with Crippen LogP contribution in [-0.2, 0) is 25.6 Å². The van der Waals surface area contributed by atoms with Gasteiger partial charge in [0.15, 0.2) is 0 Å². The highest BCUT2D eigenvalue weighted by Gasteiger charge is 2.46. The van der Waals surface area contributed by atoms with Gasteiger partial charge in [0.05, 0.1) is 11.4 Å². The van der Waals surface area contributed by atoms with Crippen LogP contribution in [0.15, 0.2) is 48.5 Å². The summed E-state index contributed by atoms with van der Waals surface area (Å²) in [4.78, 5) is 54.2. The van der Waals surface area contributed by atoms with Gasteiger partial charge in [-0.25, -0.2) is 0 Å². The number of anilines is 2. The monoisotopic (exact) mass is 498 g/mol. The van der Waals surface area contributed by atoms with Crippen LogP contribution in [0.3, 0.4) is 0 Å². The number of piperidine rings is 2. The molecule has 6 nitrogen and oxygen atoms in total. The minimum absolute atomic E-state index is 0.0813. The van der Waals surface area contributed by atoms with Gasteiger partial charge in [-0.3, -0.25) is 29.0 Å². The maximum atomic E-state index is 12.9. The molecule has 2 aliphatic heterocycles. The molecule has 192 valence electrons. The molecule has 4 fully saturated rings. The lowest BCUT2D eigenvalue weighted by Gasteiger charge is -2.37. The number of carbonyl (C=O) groups is 4. The van der Waals surface area contributed by atoms with E-state index in [2.05, 4.69) is 0 Å². The number of nitrogens with zero attached hydrogens (tertiary/aromatic N) is 2. The number of hydrogen-bond donors (Lipinski definition) is 0. The third-order valence-corrected chi connectivity index (χ3v) is 9.23. The van der Waals surface area contributed by atoms with Crippen molar-refractivity contribution in [1.29, 1.82) is 0 Å². The van der Waals surface area contributed by atoms with Crippen LogP contribution < -0.4 is 9.80 Å². The first-order chi connectivity index (χ1) is 17.9. The van der Waals surface area contributed by atoms with Crippen LogP contribution in [0.4, 0.5) is 11.4 Å². The summed E-state index contributed by atoms with van der Waals surface area (Å²) in [7, 11) is 0. The molecule has 2 aromatic carbocycles. The molecule has 2 spiro atoms. The summed E-state index contributed by atoms with van der Waals surface area (Å²) >= 11 is 0. The SMILES string of the molecule is O=C1CC2(CCCC2)CC(=O)N1c1ccc(Cc2ccc(N3C(=O)CC4(CCCC4)CC3=O)cc2)cc1. The Hall–Kier alpha value is -3.28. The predicted octanol–water partition coefficient (Wildman–Crippen LogP) is 5.71. The van der Waals surface area contributed by atoms with Gasteiger partial charge in [0, 0.05) is 25.7 Å². The van der Waals surface area contributed by atoms with Crippen molar-refractivity contribution in [3.8, 4) is 0 Å². The van der Waals surface area contributed by atoms with E-state index in [0.717, 1.165) is 62.5 Å². The smallest absolute Gasteiger partial charge is 0.234 e. The van der Waals surface area contributed by atoms with E-state index in [4.69, 9.17) is 0 Å². The molecule has 4 amide bonds. The van der Waals surface area contributed by atoms with Crippen molar-refractivity contribution in [2.45, 2.75) is 83.5 Å². The third kappa shape index (κ3) is 4.51. The van der Waals surface area contributed by atoms with Gasteiger partial charge in [0.25, 0.3) is 0 Å². The van der Waals surface area contributed by atoms with Crippen molar-refractivity contribution < 1.29 is 19.2 Å². The lowest BCUT2D eigenvalue weighted by molar-refractivity contribution is -0.135. The zero-order valence-corrected chi connectivity index (χ0v) is 21.3. The van der Waals surface area contributed by atoms with Gasteiger partial charge in [-0.1, -0.05) is 49.9 Å². The number of amides is 4. The Kier molecular flexibility index (Phi) is 6.01. The highest BCUT2D eigenvalue weighted by molar-refractivity contribution is 6.17. The molecular formula is C31H34N2O4. The molecule has 0 unspecified atom stereocenters. The van der Waals surface area contributed by atoms with Crippen LogP contribution in [0.2, 0.25) is 0 Å². The molecule has 4 aliphatic rings. The molecule has 6 rings (SSSR count). The maximum absolute atomic E-state index is 12.9. The summed E-state index contributed by atoms with van der Waals surface area (Å²) in [6, 6.07) is 15.3. The topological polar surface area (TPSA) is 74.8 Å². The van der Waals surface area contributed by atoms with Gasteiger partial charge in [0.2, 0.25) is 23.6 Å².